The molecule has 0 aliphatic heterocycles. The Balaban J connectivity index is 1.84. The lowest BCUT2D eigenvalue weighted by molar-refractivity contribution is -0.143. The third-order valence-electron chi connectivity index (χ3n) is 4.07. The predicted molar refractivity (Wildman–Crippen MR) is 110 cm³/mol. The number of ether oxygens (including phenoxy) is 3. The number of methoxy groups -OCH3 is 1. The van der Waals surface area contributed by atoms with E-state index in [9.17, 15) is 9.59 Å². The molecule has 0 spiro atoms. The number of aromatic nitrogens is 1. The minimum absolute atomic E-state index is 0.0116. The van der Waals surface area contributed by atoms with Crippen molar-refractivity contribution in [1.82, 2.24) is 4.57 Å². The third-order valence-corrected chi connectivity index (χ3v) is 5.11. The molecule has 3 rings (SSSR count). The van der Waals surface area contributed by atoms with E-state index in [4.69, 9.17) is 14.2 Å². The lowest BCUT2D eigenvalue weighted by Crippen LogP contribution is -2.24. The van der Waals surface area contributed by atoms with Crippen LogP contribution in [0, 0.1) is 6.92 Å². The molecule has 2 aromatic carbocycles. The second-order valence-corrected chi connectivity index (χ2v) is 7.23. The van der Waals surface area contributed by atoms with Crippen molar-refractivity contribution < 1.29 is 23.8 Å². The van der Waals surface area contributed by atoms with Gasteiger partial charge in [-0.05, 0) is 55.8 Å². The molecule has 8 heteroatoms. The van der Waals surface area contributed by atoms with Crippen LogP contribution in [-0.4, -0.2) is 36.8 Å². The van der Waals surface area contributed by atoms with Crippen molar-refractivity contribution in [2.75, 3.05) is 20.3 Å². The second kappa shape index (κ2) is 9.38. The molecule has 0 aliphatic rings. The van der Waals surface area contributed by atoms with Gasteiger partial charge in [-0.25, -0.2) is 0 Å². The zero-order valence-electron chi connectivity index (χ0n) is 16.5. The first kappa shape index (κ1) is 20.6. The Hall–Kier alpha value is -3.13. The van der Waals surface area contributed by atoms with Crippen LogP contribution < -0.4 is 14.3 Å². The monoisotopic (exact) mass is 414 g/mol. The molecule has 0 aliphatic carbocycles. The average Bonchev–Trinajstić information content (AvgIpc) is 3.02. The highest BCUT2D eigenvalue weighted by Gasteiger charge is 2.12. The molecular weight excluding hydrogens is 392 g/mol. The number of hydrogen-bond donors (Lipinski definition) is 0. The molecule has 152 valence electrons. The van der Waals surface area contributed by atoms with E-state index in [1.165, 1.54) is 11.3 Å². The Labute approximate surface area is 172 Å². The largest absolute Gasteiger partial charge is 0.497 e. The van der Waals surface area contributed by atoms with E-state index in [0.717, 1.165) is 15.8 Å². The van der Waals surface area contributed by atoms with Gasteiger partial charge in [-0.2, -0.15) is 4.99 Å². The van der Waals surface area contributed by atoms with Crippen LogP contribution in [0.2, 0.25) is 0 Å². The molecule has 0 fully saturated rings. The molecule has 0 saturated heterocycles. The molecule has 0 saturated carbocycles. The molecule has 7 nitrogen and oxygen atoms in total. The lowest BCUT2D eigenvalue weighted by Gasteiger charge is -2.06. The highest BCUT2D eigenvalue weighted by atomic mass is 32.1. The van der Waals surface area contributed by atoms with Crippen molar-refractivity contribution in [2.45, 2.75) is 20.4 Å². The van der Waals surface area contributed by atoms with Gasteiger partial charge in [0.1, 0.15) is 18.0 Å². The van der Waals surface area contributed by atoms with Crippen LogP contribution in [0.25, 0.3) is 10.2 Å². The Morgan fingerprint density at radius 1 is 1.10 bits per heavy atom. The summed E-state index contributed by atoms with van der Waals surface area (Å²) in [5.74, 6) is 0.424. The highest BCUT2D eigenvalue weighted by molar-refractivity contribution is 7.16. The van der Waals surface area contributed by atoms with Gasteiger partial charge in [-0.15, -0.1) is 0 Å². The maximum absolute atomic E-state index is 12.4. The summed E-state index contributed by atoms with van der Waals surface area (Å²) in [4.78, 5) is 29.0. The molecule has 0 bridgehead atoms. The van der Waals surface area contributed by atoms with Crippen molar-refractivity contribution in [3.63, 3.8) is 0 Å². The Bertz CT molecular complexity index is 1080. The number of carbonyl (C=O) groups excluding carboxylic acids is 2. The summed E-state index contributed by atoms with van der Waals surface area (Å²) in [6.07, 6.45) is 0. The molecule has 0 unspecified atom stereocenters. The average molecular weight is 414 g/mol. The van der Waals surface area contributed by atoms with Gasteiger partial charge >= 0.3 is 5.97 Å². The van der Waals surface area contributed by atoms with Gasteiger partial charge in [0.2, 0.25) is 0 Å². The van der Waals surface area contributed by atoms with Gasteiger partial charge in [0.05, 0.1) is 23.9 Å². The van der Waals surface area contributed by atoms with Crippen LogP contribution in [0.1, 0.15) is 12.5 Å². The van der Waals surface area contributed by atoms with Gasteiger partial charge in [0.25, 0.3) is 5.91 Å². The van der Waals surface area contributed by atoms with Crippen molar-refractivity contribution >= 4 is 33.4 Å². The number of hydrogen-bond acceptors (Lipinski definition) is 6. The van der Waals surface area contributed by atoms with E-state index in [-0.39, 0.29) is 19.1 Å². The van der Waals surface area contributed by atoms with E-state index in [0.29, 0.717) is 22.9 Å². The predicted octanol–water partition coefficient (Wildman–Crippen LogP) is 3.09. The SMILES string of the molecule is CCOC(=O)Cn1c(=NC(=O)COc2ccc(OC)cc2)sc2cc(C)ccc21. The summed E-state index contributed by atoms with van der Waals surface area (Å²) in [7, 11) is 1.58. The number of benzene rings is 2. The summed E-state index contributed by atoms with van der Waals surface area (Å²) in [5, 5.41) is 0. The quantitative estimate of drug-likeness (QED) is 0.555. The minimum Gasteiger partial charge on any atom is -0.497 e. The fraction of sp³-hybridized carbons (Fsp3) is 0.286. The van der Waals surface area contributed by atoms with Gasteiger partial charge < -0.3 is 18.8 Å². The molecule has 3 aromatic rings. The Morgan fingerprint density at radius 2 is 1.83 bits per heavy atom. The normalized spacial score (nSPS) is 11.5. The number of rotatable bonds is 7. The summed E-state index contributed by atoms with van der Waals surface area (Å²) in [6, 6.07) is 12.8. The van der Waals surface area contributed by atoms with Crippen LogP contribution in [0.15, 0.2) is 47.5 Å². The standard InChI is InChI=1S/C21H22N2O5S/c1-4-27-20(25)12-23-17-10-5-14(2)11-18(17)29-21(23)22-19(24)13-28-16-8-6-15(26-3)7-9-16/h5-11H,4,12-13H2,1-3H3. The van der Waals surface area contributed by atoms with Gasteiger partial charge in [-0.3, -0.25) is 9.59 Å². The van der Waals surface area contributed by atoms with Gasteiger partial charge in [-0.1, -0.05) is 17.4 Å². The molecule has 1 aromatic heterocycles. The minimum atomic E-state index is -0.443. The molecule has 0 N–H and O–H groups in total. The summed E-state index contributed by atoms with van der Waals surface area (Å²) < 4.78 is 18.3. The van der Waals surface area contributed by atoms with Crippen LogP contribution >= 0.6 is 11.3 Å². The number of esters is 1. The number of fused-ring (bicyclic) bond motifs is 1. The molecule has 29 heavy (non-hydrogen) atoms. The van der Waals surface area contributed by atoms with E-state index in [1.54, 1.807) is 42.9 Å². The first-order chi connectivity index (χ1) is 14.0. The second-order valence-electron chi connectivity index (χ2n) is 6.22. The summed E-state index contributed by atoms with van der Waals surface area (Å²) >= 11 is 1.35. The van der Waals surface area contributed by atoms with Gasteiger partial charge in [0, 0.05) is 0 Å². The smallest absolute Gasteiger partial charge is 0.326 e. The van der Waals surface area contributed by atoms with E-state index >= 15 is 0 Å². The summed E-state index contributed by atoms with van der Waals surface area (Å²) in [5.41, 5.74) is 1.92. The first-order valence-corrected chi connectivity index (χ1v) is 9.92. The van der Waals surface area contributed by atoms with Crippen molar-refractivity contribution in [3.05, 3.63) is 52.8 Å². The molecule has 1 heterocycles. The van der Waals surface area contributed by atoms with E-state index < -0.39 is 5.91 Å². The molecular formula is C21H22N2O5S. The fourth-order valence-corrected chi connectivity index (χ4v) is 3.86. The topological polar surface area (TPSA) is 79.1 Å². The van der Waals surface area contributed by atoms with Crippen molar-refractivity contribution in [3.8, 4) is 11.5 Å². The van der Waals surface area contributed by atoms with Gasteiger partial charge in [0.15, 0.2) is 11.4 Å². The Kier molecular flexibility index (Phi) is 6.66. The fourth-order valence-electron chi connectivity index (χ4n) is 2.71. The van der Waals surface area contributed by atoms with Crippen molar-refractivity contribution in [2.24, 2.45) is 4.99 Å². The number of thiazole rings is 1. The zero-order valence-corrected chi connectivity index (χ0v) is 17.3. The third kappa shape index (κ3) is 5.23. The molecule has 0 radical (unpaired) electrons. The highest BCUT2D eigenvalue weighted by Crippen LogP contribution is 2.19. The van der Waals surface area contributed by atoms with Crippen LogP contribution in [0.5, 0.6) is 11.5 Å². The lowest BCUT2D eigenvalue weighted by atomic mass is 10.2. The number of carbonyl (C=O) groups is 2. The van der Waals surface area contributed by atoms with E-state index in [2.05, 4.69) is 4.99 Å². The zero-order chi connectivity index (χ0) is 20.8. The van der Waals surface area contributed by atoms with Crippen LogP contribution in [0.3, 0.4) is 0 Å². The van der Waals surface area contributed by atoms with Crippen molar-refractivity contribution in [1.29, 1.82) is 0 Å². The number of aryl methyl sites for hydroxylation is 1. The first-order valence-electron chi connectivity index (χ1n) is 9.10. The molecule has 1 amide bonds. The van der Waals surface area contributed by atoms with E-state index in [1.807, 2.05) is 25.1 Å². The molecule has 0 atom stereocenters. The Morgan fingerprint density at radius 3 is 2.52 bits per heavy atom. The number of nitrogens with zero attached hydrogens (tertiary/aromatic N) is 2. The number of amides is 1. The van der Waals surface area contributed by atoms with Crippen LogP contribution in [-0.2, 0) is 20.9 Å². The summed E-state index contributed by atoms with van der Waals surface area (Å²) in [6.45, 7) is 3.81. The maximum Gasteiger partial charge on any atom is 0.326 e. The van der Waals surface area contributed by atoms with Crippen LogP contribution in [0.4, 0.5) is 0 Å². The maximum atomic E-state index is 12.4.